The number of amides is 1. The summed E-state index contributed by atoms with van der Waals surface area (Å²) in [5, 5.41) is 5.27. The third-order valence-corrected chi connectivity index (χ3v) is 5.73. The zero-order valence-electron chi connectivity index (χ0n) is 14.1. The molecule has 23 heavy (non-hydrogen) atoms. The number of carbonyl (C=O) groups excluding carboxylic acids is 1. The van der Waals surface area contributed by atoms with Crippen LogP contribution in [0, 0.1) is 20.8 Å². The third-order valence-electron chi connectivity index (χ3n) is 4.63. The van der Waals surface area contributed by atoms with Crippen molar-refractivity contribution in [3.05, 3.63) is 34.9 Å². The van der Waals surface area contributed by atoms with Crippen LogP contribution in [-0.2, 0) is 4.79 Å². The van der Waals surface area contributed by atoms with E-state index in [1.54, 1.807) is 11.8 Å². The van der Waals surface area contributed by atoms with Crippen LogP contribution in [0.25, 0.3) is 10.9 Å². The number of nitrogens with zero attached hydrogens (tertiary/aromatic N) is 1. The van der Waals surface area contributed by atoms with Crippen molar-refractivity contribution in [3.8, 4) is 0 Å². The molecule has 1 heterocycles. The second kappa shape index (κ2) is 6.91. The lowest BCUT2D eigenvalue weighted by Gasteiger charge is -2.12. The Hall–Kier alpha value is -1.55. The van der Waals surface area contributed by atoms with Crippen molar-refractivity contribution < 1.29 is 4.79 Å². The molecule has 1 aliphatic carbocycles. The largest absolute Gasteiger partial charge is 0.353 e. The molecule has 0 unspecified atom stereocenters. The quantitative estimate of drug-likeness (QED) is 0.850. The highest BCUT2D eigenvalue weighted by molar-refractivity contribution is 7.99. The molecule has 0 radical (unpaired) electrons. The number of benzene rings is 1. The first-order chi connectivity index (χ1) is 11.0. The van der Waals surface area contributed by atoms with E-state index in [0.29, 0.717) is 11.8 Å². The van der Waals surface area contributed by atoms with Crippen molar-refractivity contribution in [1.29, 1.82) is 0 Å². The minimum Gasteiger partial charge on any atom is -0.353 e. The SMILES string of the molecule is Cc1cc2cc(C)c(SCC(=O)NC3CCCC3)nc2cc1C. The molecule has 2 aromatic rings. The highest BCUT2D eigenvalue weighted by Gasteiger charge is 2.17. The number of pyridine rings is 1. The van der Waals surface area contributed by atoms with Crippen molar-refractivity contribution in [2.75, 3.05) is 5.75 Å². The fourth-order valence-electron chi connectivity index (χ4n) is 3.15. The molecule has 0 atom stereocenters. The van der Waals surface area contributed by atoms with Crippen LogP contribution in [0.15, 0.2) is 23.2 Å². The topological polar surface area (TPSA) is 42.0 Å². The summed E-state index contributed by atoms with van der Waals surface area (Å²) < 4.78 is 0. The van der Waals surface area contributed by atoms with E-state index < -0.39 is 0 Å². The van der Waals surface area contributed by atoms with Crippen molar-refractivity contribution in [2.24, 2.45) is 0 Å². The lowest BCUT2D eigenvalue weighted by molar-refractivity contribution is -0.119. The molecule has 0 saturated heterocycles. The Morgan fingerprint density at radius 1 is 1.13 bits per heavy atom. The molecule has 0 spiro atoms. The Balaban J connectivity index is 1.70. The Kier molecular flexibility index (Phi) is 4.90. The number of aromatic nitrogens is 1. The molecule has 1 aliphatic rings. The molecule has 122 valence electrons. The average molecular weight is 328 g/mol. The van der Waals surface area contributed by atoms with Gasteiger partial charge in [0.1, 0.15) is 5.03 Å². The van der Waals surface area contributed by atoms with Gasteiger partial charge in [-0.25, -0.2) is 4.98 Å². The van der Waals surface area contributed by atoms with Crippen LogP contribution in [0.1, 0.15) is 42.4 Å². The van der Waals surface area contributed by atoms with E-state index in [4.69, 9.17) is 4.98 Å². The van der Waals surface area contributed by atoms with Gasteiger partial charge in [-0.3, -0.25) is 4.79 Å². The van der Waals surface area contributed by atoms with E-state index in [9.17, 15) is 4.79 Å². The van der Waals surface area contributed by atoms with Crippen LogP contribution < -0.4 is 5.32 Å². The normalized spacial score (nSPS) is 15.3. The van der Waals surface area contributed by atoms with E-state index in [1.165, 1.54) is 29.4 Å². The fraction of sp³-hybridized carbons (Fsp3) is 0.474. The maximum Gasteiger partial charge on any atom is 0.230 e. The first kappa shape index (κ1) is 16.3. The van der Waals surface area contributed by atoms with Crippen LogP contribution in [0.5, 0.6) is 0 Å². The molecular formula is C19H24N2OS. The maximum absolute atomic E-state index is 12.1. The van der Waals surface area contributed by atoms with Gasteiger partial charge in [0, 0.05) is 11.4 Å². The molecule has 0 bridgehead atoms. The molecule has 1 amide bonds. The second-order valence-electron chi connectivity index (χ2n) is 6.58. The number of rotatable bonds is 4. The smallest absolute Gasteiger partial charge is 0.230 e. The van der Waals surface area contributed by atoms with Gasteiger partial charge in [-0.05, 0) is 68.5 Å². The average Bonchev–Trinajstić information content (AvgIpc) is 3.00. The lowest BCUT2D eigenvalue weighted by atomic mass is 10.1. The minimum atomic E-state index is 0.128. The summed E-state index contributed by atoms with van der Waals surface area (Å²) >= 11 is 1.54. The fourth-order valence-corrected chi connectivity index (χ4v) is 3.95. The molecule has 1 fully saturated rings. The molecule has 4 heteroatoms. The van der Waals surface area contributed by atoms with Gasteiger partial charge in [0.2, 0.25) is 5.91 Å². The Morgan fingerprint density at radius 2 is 1.78 bits per heavy atom. The monoisotopic (exact) mass is 328 g/mol. The van der Waals surface area contributed by atoms with E-state index in [0.717, 1.165) is 28.9 Å². The van der Waals surface area contributed by atoms with Gasteiger partial charge < -0.3 is 5.32 Å². The minimum absolute atomic E-state index is 0.128. The summed E-state index contributed by atoms with van der Waals surface area (Å²) in [5.74, 6) is 0.573. The van der Waals surface area contributed by atoms with E-state index in [2.05, 4.69) is 44.3 Å². The van der Waals surface area contributed by atoms with E-state index in [-0.39, 0.29) is 5.91 Å². The molecule has 0 aliphatic heterocycles. The predicted molar refractivity (Wildman–Crippen MR) is 97.1 cm³/mol. The summed E-state index contributed by atoms with van der Waals surface area (Å²) in [6.07, 6.45) is 4.73. The maximum atomic E-state index is 12.1. The van der Waals surface area contributed by atoms with Crippen LogP contribution >= 0.6 is 11.8 Å². The van der Waals surface area contributed by atoms with Crippen LogP contribution in [0.4, 0.5) is 0 Å². The van der Waals surface area contributed by atoms with Crippen molar-refractivity contribution >= 4 is 28.6 Å². The van der Waals surface area contributed by atoms with Crippen molar-refractivity contribution in [2.45, 2.75) is 57.5 Å². The van der Waals surface area contributed by atoms with Gasteiger partial charge >= 0.3 is 0 Å². The Bertz CT molecular complexity index is 736. The first-order valence-electron chi connectivity index (χ1n) is 8.33. The summed E-state index contributed by atoms with van der Waals surface area (Å²) in [7, 11) is 0. The van der Waals surface area contributed by atoms with Gasteiger partial charge in [0.05, 0.1) is 11.3 Å². The number of hydrogen-bond donors (Lipinski definition) is 1. The molecule has 1 aromatic heterocycles. The number of nitrogens with one attached hydrogen (secondary N) is 1. The number of thioether (sulfide) groups is 1. The van der Waals surface area contributed by atoms with Gasteiger partial charge in [0.15, 0.2) is 0 Å². The standard InChI is InChI=1S/C19H24N2OS/c1-12-8-15-9-14(3)19(21-17(15)10-13(12)2)23-11-18(22)20-16-6-4-5-7-16/h8-10,16H,4-7,11H2,1-3H3,(H,20,22). The predicted octanol–water partition coefficient (Wildman–Crippen LogP) is 4.31. The van der Waals surface area contributed by atoms with Crippen LogP contribution in [0.2, 0.25) is 0 Å². The summed E-state index contributed by atoms with van der Waals surface area (Å²) in [6, 6.07) is 6.88. The molecule has 1 saturated carbocycles. The van der Waals surface area contributed by atoms with Crippen molar-refractivity contribution in [1.82, 2.24) is 10.3 Å². The number of carbonyl (C=O) groups is 1. The van der Waals surface area contributed by atoms with Crippen molar-refractivity contribution in [3.63, 3.8) is 0 Å². The summed E-state index contributed by atoms with van der Waals surface area (Å²) in [4.78, 5) is 16.8. The number of hydrogen-bond acceptors (Lipinski definition) is 3. The highest BCUT2D eigenvalue weighted by atomic mass is 32.2. The van der Waals surface area contributed by atoms with Crippen LogP contribution in [-0.4, -0.2) is 22.7 Å². The molecule has 1 aromatic carbocycles. The Morgan fingerprint density at radius 3 is 2.52 bits per heavy atom. The van der Waals surface area contributed by atoms with Crippen LogP contribution in [0.3, 0.4) is 0 Å². The van der Waals surface area contributed by atoms with Gasteiger partial charge in [-0.15, -0.1) is 0 Å². The molecule has 1 N–H and O–H groups in total. The Labute approximate surface area is 142 Å². The third kappa shape index (κ3) is 3.86. The zero-order valence-corrected chi connectivity index (χ0v) is 14.9. The molecule has 3 nitrogen and oxygen atoms in total. The zero-order chi connectivity index (χ0) is 16.4. The molecule has 3 rings (SSSR count). The number of fused-ring (bicyclic) bond motifs is 1. The molecular weight excluding hydrogens is 304 g/mol. The summed E-state index contributed by atoms with van der Waals surface area (Å²) in [6.45, 7) is 6.30. The van der Waals surface area contributed by atoms with Gasteiger partial charge in [-0.1, -0.05) is 24.6 Å². The number of aryl methyl sites for hydroxylation is 3. The first-order valence-corrected chi connectivity index (χ1v) is 9.32. The van der Waals surface area contributed by atoms with Gasteiger partial charge in [0.25, 0.3) is 0 Å². The lowest BCUT2D eigenvalue weighted by Crippen LogP contribution is -2.33. The van der Waals surface area contributed by atoms with Gasteiger partial charge in [-0.2, -0.15) is 0 Å². The van der Waals surface area contributed by atoms with E-state index >= 15 is 0 Å². The van der Waals surface area contributed by atoms with E-state index in [1.807, 2.05) is 0 Å². The highest BCUT2D eigenvalue weighted by Crippen LogP contribution is 2.26. The second-order valence-corrected chi connectivity index (χ2v) is 7.54. The summed E-state index contributed by atoms with van der Waals surface area (Å²) in [5.41, 5.74) is 4.69.